The molecule has 0 radical (unpaired) electrons. The molecule has 0 aromatic rings. The average molecular weight is 453 g/mol. The Balaban J connectivity index is 2.00. The molecule has 0 unspecified atom stereocenters. The van der Waals surface area contributed by atoms with E-state index >= 15 is 0 Å². The molecular weight excluding hydrogens is 412 g/mol. The molecule has 0 bridgehead atoms. The van der Waals surface area contributed by atoms with E-state index in [-0.39, 0.29) is 41.7 Å². The molecule has 2 aliphatic rings. The van der Waals surface area contributed by atoms with Crippen LogP contribution in [0.25, 0.3) is 0 Å². The summed E-state index contributed by atoms with van der Waals surface area (Å²) in [7, 11) is 1.33. The monoisotopic (exact) mass is 452 g/mol. The Kier molecular flexibility index (Phi) is 9.78. The van der Waals surface area contributed by atoms with Gasteiger partial charge in [0.15, 0.2) is 0 Å². The van der Waals surface area contributed by atoms with E-state index in [9.17, 15) is 19.2 Å². The zero-order valence-corrected chi connectivity index (χ0v) is 20.0. The van der Waals surface area contributed by atoms with E-state index in [0.717, 1.165) is 25.7 Å². The molecule has 182 valence electrons. The molecule has 2 rings (SSSR count). The fraction of sp³-hybridized carbons (Fsp3) is 0.826. The number of carbonyl (C=O) groups excluding carboxylic acids is 4. The molecule has 1 saturated carbocycles. The summed E-state index contributed by atoms with van der Waals surface area (Å²) >= 11 is 0. The van der Waals surface area contributed by atoms with E-state index in [1.807, 2.05) is 20.8 Å². The van der Waals surface area contributed by atoms with Gasteiger partial charge in [-0.15, -0.1) is 0 Å². The quantitative estimate of drug-likeness (QED) is 0.385. The summed E-state index contributed by atoms with van der Waals surface area (Å²) in [5.41, 5.74) is -0.206. The maximum absolute atomic E-state index is 13.0. The number of rotatable bonds is 8. The Bertz CT molecular complexity index is 670. The van der Waals surface area contributed by atoms with Gasteiger partial charge in [0.1, 0.15) is 6.04 Å². The number of nitrogens with one attached hydrogen (secondary N) is 3. The molecule has 4 amide bonds. The zero-order chi connectivity index (χ0) is 23.7. The lowest BCUT2D eigenvalue weighted by Crippen LogP contribution is -2.57. The SMILES string of the molecule is COC(=O)CCCNC(=O)[C@@H]1[C@@H](NC(=O)NC2CCCCC2)CCN1C(=O)CC(C)(C)C. The van der Waals surface area contributed by atoms with Crippen molar-refractivity contribution in [1.82, 2.24) is 20.9 Å². The summed E-state index contributed by atoms with van der Waals surface area (Å²) in [6, 6.07) is -1.34. The van der Waals surface area contributed by atoms with Crippen LogP contribution in [0.5, 0.6) is 0 Å². The topological polar surface area (TPSA) is 117 Å². The number of amides is 4. The minimum absolute atomic E-state index is 0.0933. The highest BCUT2D eigenvalue weighted by atomic mass is 16.5. The molecule has 9 nitrogen and oxygen atoms in total. The van der Waals surface area contributed by atoms with Crippen molar-refractivity contribution in [2.24, 2.45) is 5.41 Å². The molecule has 2 atom stereocenters. The van der Waals surface area contributed by atoms with Gasteiger partial charge in [-0.1, -0.05) is 40.0 Å². The van der Waals surface area contributed by atoms with Crippen molar-refractivity contribution >= 4 is 23.8 Å². The zero-order valence-electron chi connectivity index (χ0n) is 20.0. The number of methoxy groups -OCH3 is 1. The van der Waals surface area contributed by atoms with Crippen molar-refractivity contribution in [2.75, 3.05) is 20.2 Å². The second kappa shape index (κ2) is 12.1. The van der Waals surface area contributed by atoms with Gasteiger partial charge in [0.05, 0.1) is 13.2 Å². The molecule has 0 aromatic carbocycles. The lowest BCUT2D eigenvalue weighted by Gasteiger charge is -2.30. The molecule has 32 heavy (non-hydrogen) atoms. The Hall–Kier alpha value is -2.32. The Morgan fingerprint density at radius 3 is 2.31 bits per heavy atom. The standard InChI is InChI=1S/C23H40N4O5/c1-23(2,3)15-18(28)27-14-12-17(26-22(31)25-16-9-6-5-7-10-16)20(27)21(30)24-13-8-11-19(29)32-4/h16-17,20H,5-15H2,1-4H3,(H,24,30)(H2,25,26,31)/t17-,20-/m0/s1. The number of hydrogen-bond acceptors (Lipinski definition) is 5. The van der Waals surface area contributed by atoms with E-state index in [2.05, 4.69) is 20.7 Å². The fourth-order valence-corrected chi connectivity index (χ4v) is 4.40. The van der Waals surface area contributed by atoms with E-state index < -0.39 is 12.1 Å². The minimum Gasteiger partial charge on any atom is -0.469 e. The second-order valence-corrected chi connectivity index (χ2v) is 10.1. The predicted octanol–water partition coefficient (Wildman–Crippen LogP) is 2.09. The van der Waals surface area contributed by atoms with Crippen LogP contribution in [0, 0.1) is 5.41 Å². The summed E-state index contributed by atoms with van der Waals surface area (Å²) in [5, 5.41) is 8.79. The fourth-order valence-electron chi connectivity index (χ4n) is 4.40. The van der Waals surface area contributed by atoms with Gasteiger partial charge in [0, 0.05) is 32.0 Å². The van der Waals surface area contributed by atoms with E-state index in [1.54, 1.807) is 4.90 Å². The molecule has 1 aliphatic heterocycles. The summed E-state index contributed by atoms with van der Waals surface area (Å²) in [5.74, 6) is -0.734. The van der Waals surface area contributed by atoms with Crippen molar-refractivity contribution in [1.29, 1.82) is 0 Å². The van der Waals surface area contributed by atoms with Crippen LogP contribution < -0.4 is 16.0 Å². The van der Waals surface area contributed by atoms with Crippen molar-refractivity contribution in [3.05, 3.63) is 0 Å². The van der Waals surface area contributed by atoms with Crippen LogP contribution in [0.1, 0.15) is 78.6 Å². The highest BCUT2D eigenvalue weighted by Gasteiger charge is 2.43. The van der Waals surface area contributed by atoms with Gasteiger partial charge in [0.25, 0.3) is 0 Å². The van der Waals surface area contributed by atoms with E-state index in [1.165, 1.54) is 13.5 Å². The number of ether oxygens (including phenoxy) is 1. The van der Waals surface area contributed by atoms with Crippen LogP contribution >= 0.6 is 0 Å². The Morgan fingerprint density at radius 1 is 1.00 bits per heavy atom. The third-order valence-electron chi connectivity index (χ3n) is 6.01. The third kappa shape index (κ3) is 8.31. The lowest BCUT2D eigenvalue weighted by atomic mass is 9.91. The molecule has 0 aromatic heterocycles. The summed E-state index contributed by atoms with van der Waals surface area (Å²) in [6.07, 6.45) is 6.86. The van der Waals surface area contributed by atoms with Gasteiger partial charge in [-0.3, -0.25) is 14.4 Å². The first-order valence-electron chi connectivity index (χ1n) is 11.8. The molecular formula is C23H40N4O5. The molecule has 1 aliphatic carbocycles. The largest absolute Gasteiger partial charge is 0.469 e. The van der Waals surface area contributed by atoms with E-state index in [4.69, 9.17) is 0 Å². The maximum Gasteiger partial charge on any atom is 0.315 e. The first-order chi connectivity index (χ1) is 15.1. The van der Waals surface area contributed by atoms with Gasteiger partial charge >= 0.3 is 12.0 Å². The second-order valence-electron chi connectivity index (χ2n) is 10.1. The van der Waals surface area contributed by atoms with E-state index in [0.29, 0.717) is 32.4 Å². The number of carbonyl (C=O) groups is 4. The number of urea groups is 1. The lowest BCUT2D eigenvalue weighted by molar-refractivity contribution is -0.141. The smallest absolute Gasteiger partial charge is 0.315 e. The van der Waals surface area contributed by atoms with Crippen molar-refractivity contribution in [3.8, 4) is 0 Å². The number of hydrogen-bond donors (Lipinski definition) is 3. The maximum atomic E-state index is 13.0. The normalized spacial score (nSPS) is 21.7. The molecule has 2 fully saturated rings. The minimum atomic E-state index is -0.764. The predicted molar refractivity (Wildman–Crippen MR) is 121 cm³/mol. The Labute approximate surface area is 191 Å². The van der Waals surface area contributed by atoms with Gasteiger partial charge in [-0.05, 0) is 31.1 Å². The van der Waals surface area contributed by atoms with Crippen LogP contribution in [0.2, 0.25) is 0 Å². The molecule has 9 heteroatoms. The molecule has 1 saturated heterocycles. The van der Waals surface area contributed by atoms with Crippen molar-refractivity contribution < 1.29 is 23.9 Å². The average Bonchev–Trinajstić information content (AvgIpc) is 3.14. The third-order valence-corrected chi connectivity index (χ3v) is 6.01. The number of nitrogens with zero attached hydrogens (tertiary/aromatic N) is 1. The summed E-state index contributed by atoms with van der Waals surface area (Å²) in [6.45, 7) is 6.67. The summed E-state index contributed by atoms with van der Waals surface area (Å²) < 4.78 is 4.62. The molecule has 0 spiro atoms. The van der Waals surface area contributed by atoms with Gasteiger partial charge in [-0.25, -0.2) is 4.79 Å². The highest BCUT2D eigenvalue weighted by Crippen LogP contribution is 2.25. The molecule has 1 heterocycles. The van der Waals surface area contributed by atoms with Gasteiger partial charge < -0.3 is 25.6 Å². The first-order valence-corrected chi connectivity index (χ1v) is 11.8. The number of likely N-dealkylation sites (tertiary alicyclic amines) is 1. The molecule has 3 N–H and O–H groups in total. The van der Waals surface area contributed by atoms with Crippen LogP contribution in [-0.4, -0.2) is 67.0 Å². The number of esters is 1. The van der Waals surface area contributed by atoms with Crippen LogP contribution in [0.3, 0.4) is 0 Å². The summed E-state index contributed by atoms with van der Waals surface area (Å²) in [4.78, 5) is 51.4. The van der Waals surface area contributed by atoms with Crippen molar-refractivity contribution in [2.45, 2.75) is 96.7 Å². The van der Waals surface area contributed by atoms with Gasteiger partial charge in [-0.2, -0.15) is 0 Å². The van der Waals surface area contributed by atoms with Crippen LogP contribution in [-0.2, 0) is 19.1 Å². The van der Waals surface area contributed by atoms with Crippen LogP contribution in [0.15, 0.2) is 0 Å². The highest BCUT2D eigenvalue weighted by molar-refractivity contribution is 5.90. The van der Waals surface area contributed by atoms with Gasteiger partial charge in [0.2, 0.25) is 11.8 Å². The first kappa shape index (κ1) is 25.9. The Morgan fingerprint density at radius 2 is 1.69 bits per heavy atom. The van der Waals surface area contributed by atoms with Crippen molar-refractivity contribution in [3.63, 3.8) is 0 Å². The van der Waals surface area contributed by atoms with Crippen LogP contribution in [0.4, 0.5) is 4.79 Å².